The van der Waals surface area contributed by atoms with E-state index in [4.69, 9.17) is 4.74 Å². The molecule has 0 atom stereocenters. The molecule has 0 bridgehead atoms. The fourth-order valence-corrected chi connectivity index (χ4v) is 3.76. The van der Waals surface area contributed by atoms with Crippen LogP contribution in [-0.2, 0) is 14.3 Å². The summed E-state index contributed by atoms with van der Waals surface area (Å²) in [5, 5.41) is 1.05. The van der Waals surface area contributed by atoms with E-state index in [9.17, 15) is 9.59 Å². The molecule has 1 aromatic carbocycles. The summed E-state index contributed by atoms with van der Waals surface area (Å²) in [5.74, 6) is 0.106. The Balaban J connectivity index is 1.30. The highest BCUT2D eigenvalue weighted by molar-refractivity contribution is 5.95. The predicted octanol–water partition coefficient (Wildman–Crippen LogP) is 1.25. The second-order valence-corrected chi connectivity index (χ2v) is 7.35. The summed E-state index contributed by atoms with van der Waals surface area (Å²) in [6.45, 7) is 5.71. The number of piperazine rings is 1. The van der Waals surface area contributed by atoms with E-state index in [1.807, 2.05) is 41.3 Å². The minimum Gasteiger partial charge on any atom is -0.379 e. The van der Waals surface area contributed by atoms with Crippen LogP contribution in [0.2, 0.25) is 0 Å². The highest BCUT2D eigenvalue weighted by Crippen LogP contribution is 2.17. The van der Waals surface area contributed by atoms with Gasteiger partial charge in [-0.25, -0.2) is 0 Å². The number of benzene rings is 1. The molecule has 0 unspecified atom stereocenters. The molecule has 3 heterocycles. The second-order valence-electron chi connectivity index (χ2n) is 7.35. The SMILES string of the molecule is O=C(C=Cc1cccc2cccnc12)N1CCN(C(=O)CN2CCOCC2)CC1. The average Bonchev–Trinajstić information content (AvgIpc) is 2.78. The molecule has 2 aliphatic rings. The lowest BCUT2D eigenvalue weighted by Gasteiger charge is -2.36. The van der Waals surface area contributed by atoms with Crippen molar-refractivity contribution in [3.05, 3.63) is 48.2 Å². The van der Waals surface area contributed by atoms with Gasteiger partial charge in [-0.15, -0.1) is 0 Å². The molecule has 4 rings (SSSR count). The first kappa shape index (κ1) is 19.5. The molecule has 0 aliphatic carbocycles. The number of rotatable bonds is 4. The highest BCUT2D eigenvalue weighted by Gasteiger charge is 2.24. The molecule has 1 aromatic heterocycles. The van der Waals surface area contributed by atoms with Crippen LogP contribution in [0.3, 0.4) is 0 Å². The van der Waals surface area contributed by atoms with Crippen LogP contribution < -0.4 is 0 Å². The average molecular weight is 394 g/mol. The van der Waals surface area contributed by atoms with Crippen LogP contribution >= 0.6 is 0 Å². The van der Waals surface area contributed by atoms with E-state index >= 15 is 0 Å². The highest BCUT2D eigenvalue weighted by atomic mass is 16.5. The second kappa shape index (κ2) is 9.15. The normalized spacial score (nSPS) is 18.5. The number of para-hydroxylation sites is 1. The summed E-state index contributed by atoms with van der Waals surface area (Å²) >= 11 is 0. The molecule has 0 spiro atoms. The van der Waals surface area contributed by atoms with E-state index < -0.39 is 0 Å². The Bertz CT molecular complexity index is 895. The molecule has 2 aromatic rings. The number of morpholine rings is 1. The Labute approximate surface area is 170 Å². The molecule has 0 N–H and O–H groups in total. The van der Waals surface area contributed by atoms with Crippen LogP contribution in [0.25, 0.3) is 17.0 Å². The van der Waals surface area contributed by atoms with Crippen molar-refractivity contribution >= 4 is 28.8 Å². The summed E-state index contributed by atoms with van der Waals surface area (Å²) in [6, 6.07) is 9.85. The quantitative estimate of drug-likeness (QED) is 0.731. The zero-order valence-electron chi connectivity index (χ0n) is 16.5. The topological polar surface area (TPSA) is 66.0 Å². The number of carbonyl (C=O) groups is 2. The Morgan fingerprint density at radius 2 is 1.69 bits per heavy atom. The molecule has 0 radical (unpaired) electrons. The lowest BCUT2D eigenvalue weighted by Crippen LogP contribution is -2.53. The fourth-order valence-electron chi connectivity index (χ4n) is 3.76. The molecule has 2 fully saturated rings. The first-order valence-electron chi connectivity index (χ1n) is 10.1. The minimum atomic E-state index is -0.0294. The summed E-state index contributed by atoms with van der Waals surface area (Å²) in [6.07, 6.45) is 5.19. The van der Waals surface area contributed by atoms with Gasteiger partial charge in [0.15, 0.2) is 0 Å². The van der Waals surface area contributed by atoms with Crippen molar-refractivity contribution < 1.29 is 14.3 Å². The van der Waals surface area contributed by atoms with Crippen LogP contribution in [0.15, 0.2) is 42.6 Å². The first-order valence-corrected chi connectivity index (χ1v) is 10.1. The van der Waals surface area contributed by atoms with E-state index in [1.54, 1.807) is 17.2 Å². The van der Waals surface area contributed by atoms with Gasteiger partial charge in [0.25, 0.3) is 0 Å². The zero-order chi connectivity index (χ0) is 20.1. The van der Waals surface area contributed by atoms with Crippen LogP contribution in [0.5, 0.6) is 0 Å². The summed E-state index contributed by atoms with van der Waals surface area (Å²) in [7, 11) is 0. The van der Waals surface area contributed by atoms with Gasteiger partial charge < -0.3 is 14.5 Å². The van der Waals surface area contributed by atoms with E-state index in [-0.39, 0.29) is 11.8 Å². The molecule has 2 saturated heterocycles. The van der Waals surface area contributed by atoms with Gasteiger partial charge in [-0.2, -0.15) is 0 Å². The van der Waals surface area contributed by atoms with E-state index in [0.717, 1.165) is 29.6 Å². The fraction of sp³-hybridized carbons (Fsp3) is 0.409. The summed E-state index contributed by atoms with van der Waals surface area (Å²) in [4.78, 5) is 35.3. The maximum absolute atomic E-state index is 12.6. The van der Waals surface area contributed by atoms with Crippen molar-refractivity contribution in [2.24, 2.45) is 0 Å². The largest absolute Gasteiger partial charge is 0.379 e. The van der Waals surface area contributed by atoms with Crippen molar-refractivity contribution in [2.45, 2.75) is 0 Å². The third-order valence-corrected chi connectivity index (χ3v) is 5.48. The summed E-state index contributed by atoms with van der Waals surface area (Å²) < 4.78 is 5.32. The molecule has 2 aliphatic heterocycles. The number of hydrogen-bond donors (Lipinski definition) is 0. The van der Waals surface area contributed by atoms with E-state index in [1.165, 1.54) is 0 Å². The number of nitrogens with zero attached hydrogens (tertiary/aromatic N) is 4. The number of carbonyl (C=O) groups excluding carboxylic acids is 2. The summed E-state index contributed by atoms with van der Waals surface area (Å²) in [5.41, 5.74) is 1.81. The van der Waals surface area contributed by atoms with Crippen molar-refractivity contribution in [3.63, 3.8) is 0 Å². The molecular weight excluding hydrogens is 368 g/mol. The lowest BCUT2D eigenvalue weighted by atomic mass is 10.1. The van der Waals surface area contributed by atoms with Gasteiger partial charge in [0.2, 0.25) is 11.8 Å². The maximum atomic E-state index is 12.6. The number of amides is 2. The van der Waals surface area contributed by atoms with Gasteiger partial charge in [0, 0.05) is 62.5 Å². The minimum absolute atomic E-state index is 0.0294. The van der Waals surface area contributed by atoms with Gasteiger partial charge in [0.05, 0.1) is 25.3 Å². The van der Waals surface area contributed by atoms with Crippen molar-refractivity contribution in [1.82, 2.24) is 19.7 Å². The zero-order valence-corrected chi connectivity index (χ0v) is 16.5. The molecule has 0 saturated carbocycles. The molecular formula is C22H26N4O3. The Morgan fingerprint density at radius 1 is 0.966 bits per heavy atom. The molecule has 7 nitrogen and oxygen atoms in total. The van der Waals surface area contributed by atoms with Crippen molar-refractivity contribution in [2.75, 3.05) is 59.0 Å². The predicted molar refractivity (Wildman–Crippen MR) is 111 cm³/mol. The van der Waals surface area contributed by atoms with Crippen LogP contribution in [0, 0.1) is 0 Å². The number of hydrogen-bond acceptors (Lipinski definition) is 5. The van der Waals surface area contributed by atoms with Gasteiger partial charge >= 0.3 is 0 Å². The third-order valence-electron chi connectivity index (χ3n) is 5.48. The van der Waals surface area contributed by atoms with Crippen molar-refractivity contribution in [3.8, 4) is 0 Å². The lowest BCUT2D eigenvalue weighted by molar-refractivity contribution is -0.138. The molecule has 29 heavy (non-hydrogen) atoms. The Kier molecular flexibility index (Phi) is 6.17. The van der Waals surface area contributed by atoms with Gasteiger partial charge in [0.1, 0.15) is 0 Å². The van der Waals surface area contributed by atoms with Gasteiger partial charge in [-0.1, -0.05) is 24.3 Å². The molecule has 2 amide bonds. The number of fused-ring (bicyclic) bond motifs is 1. The third kappa shape index (κ3) is 4.81. The van der Waals surface area contributed by atoms with Crippen LogP contribution in [-0.4, -0.2) is 90.5 Å². The molecule has 152 valence electrons. The first-order chi connectivity index (χ1) is 14.2. The Hall–Kier alpha value is -2.77. The van der Waals surface area contributed by atoms with Gasteiger partial charge in [-0.05, 0) is 12.1 Å². The van der Waals surface area contributed by atoms with E-state index in [2.05, 4.69) is 9.88 Å². The maximum Gasteiger partial charge on any atom is 0.246 e. The number of aromatic nitrogens is 1. The van der Waals surface area contributed by atoms with Crippen molar-refractivity contribution in [1.29, 1.82) is 0 Å². The van der Waals surface area contributed by atoms with E-state index in [0.29, 0.717) is 45.9 Å². The van der Waals surface area contributed by atoms with Crippen LogP contribution in [0.1, 0.15) is 5.56 Å². The smallest absolute Gasteiger partial charge is 0.246 e. The molecule has 7 heteroatoms. The number of pyridine rings is 1. The van der Waals surface area contributed by atoms with Crippen LogP contribution in [0.4, 0.5) is 0 Å². The number of ether oxygens (including phenoxy) is 1. The van der Waals surface area contributed by atoms with Gasteiger partial charge in [-0.3, -0.25) is 19.5 Å². The monoisotopic (exact) mass is 394 g/mol. The Morgan fingerprint density at radius 3 is 2.48 bits per heavy atom. The standard InChI is InChI=1S/C22H26N4O3/c27-20(7-6-19-4-1-3-18-5-2-8-23-22(18)19)25-9-11-26(12-10-25)21(28)17-24-13-15-29-16-14-24/h1-8H,9-17H2.